The molecule has 1 aliphatic heterocycles. The Kier molecular flexibility index (Phi) is 5.85. The van der Waals surface area contributed by atoms with E-state index < -0.39 is 11.8 Å². The lowest BCUT2D eigenvalue weighted by Crippen LogP contribution is -2.31. The van der Waals surface area contributed by atoms with Gasteiger partial charge in [-0.3, -0.25) is 24.6 Å². The lowest BCUT2D eigenvalue weighted by Gasteiger charge is -2.12. The van der Waals surface area contributed by atoms with Crippen molar-refractivity contribution in [2.45, 2.75) is 13.0 Å². The summed E-state index contributed by atoms with van der Waals surface area (Å²) in [6, 6.07) is 14.2. The number of fused-ring (bicyclic) bond motifs is 1. The highest BCUT2D eigenvalue weighted by Crippen LogP contribution is 2.24. The molecule has 9 nitrogen and oxygen atoms in total. The highest BCUT2D eigenvalue weighted by Gasteiger charge is 2.35. The van der Waals surface area contributed by atoms with Gasteiger partial charge in [0, 0.05) is 25.8 Å². The van der Waals surface area contributed by atoms with Gasteiger partial charge in [-0.15, -0.1) is 5.10 Å². The third-order valence-electron chi connectivity index (χ3n) is 4.91. The fourth-order valence-corrected chi connectivity index (χ4v) is 3.37. The monoisotopic (exact) mass is 419 g/mol. The number of benzene rings is 2. The molecule has 158 valence electrons. The molecule has 1 N–H and O–H groups in total. The first-order valence-corrected chi connectivity index (χ1v) is 9.80. The summed E-state index contributed by atoms with van der Waals surface area (Å²) in [7, 11) is 1.56. The van der Waals surface area contributed by atoms with E-state index in [1.54, 1.807) is 11.8 Å². The normalized spacial score (nSPS) is 12.9. The highest BCUT2D eigenvalue weighted by molar-refractivity contribution is 6.22. The fraction of sp³-hybridized carbons (Fsp3) is 0.227. The first kappa shape index (κ1) is 20.4. The number of aromatic nitrogens is 3. The largest absolute Gasteiger partial charge is 0.385 e. The number of carbonyl (C=O) groups excluding carboxylic acids is 3. The van der Waals surface area contributed by atoms with Gasteiger partial charge in [0.15, 0.2) is 0 Å². The Hall–Kier alpha value is -3.85. The minimum Gasteiger partial charge on any atom is -0.385 e. The predicted molar refractivity (Wildman–Crippen MR) is 112 cm³/mol. The lowest BCUT2D eigenvalue weighted by molar-refractivity contribution is 0.0638. The molecule has 2 aromatic carbocycles. The number of hydrogen-bond donors (Lipinski definition) is 1. The van der Waals surface area contributed by atoms with E-state index in [4.69, 9.17) is 4.74 Å². The first-order chi connectivity index (χ1) is 15.1. The number of carbonyl (C=O) groups is 3. The van der Waals surface area contributed by atoms with Crippen LogP contribution in [0.5, 0.6) is 0 Å². The van der Waals surface area contributed by atoms with Gasteiger partial charge in [-0.1, -0.05) is 30.3 Å². The van der Waals surface area contributed by atoms with Crippen LogP contribution in [0.1, 0.15) is 43.1 Å². The molecule has 0 radical (unpaired) electrons. The Morgan fingerprint density at radius 2 is 1.84 bits per heavy atom. The van der Waals surface area contributed by atoms with Crippen LogP contribution in [0, 0.1) is 0 Å². The van der Waals surface area contributed by atoms with Crippen LogP contribution in [0.15, 0.2) is 54.9 Å². The van der Waals surface area contributed by atoms with E-state index in [-0.39, 0.29) is 29.5 Å². The third-order valence-corrected chi connectivity index (χ3v) is 4.91. The smallest absolute Gasteiger partial charge is 0.261 e. The van der Waals surface area contributed by atoms with Crippen LogP contribution in [0.3, 0.4) is 0 Å². The van der Waals surface area contributed by atoms with Gasteiger partial charge in [-0.05, 0) is 30.2 Å². The standard InChI is InChI=1S/C22H21N5O4/c1-31-11-5-10-27-20(29)17-9-8-16(12-18(17)21(27)30)19(28)24-22-23-14-26(25-22)13-15-6-3-2-4-7-15/h2-4,6-9,12,14H,5,10-11,13H2,1H3,(H,24,25,28). The number of methoxy groups -OCH3 is 1. The molecule has 0 fully saturated rings. The van der Waals surface area contributed by atoms with Crippen molar-refractivity contribution in [2.24, 2.45) is 0 Å². The van der Waals surface area contributed by atoms with Crippen molar-refractivity contribution in [1.29, 1.82) is 0 Å². The number of imide groups is 1. The molecule has 3 aromatic rings. The summed E-state index contributed by atoms with van der Waals surface area (Å²) in [5.74, 6) is -1.07. The maximum atomic E-state index is 12.6. The number of amides is 3. The van der Waals surface area contributed by atoms with Crippen LogP contribution in [-0.2, 0) is 11.3 Å². The molecule has 0 atom stereocenters. The van der Waals surface area contributed by atoms with E-state index in [0.717, 1.165) is 5.56 Å². The molecule has 4 rings (SSSR count). The van der Waals surface area contributed by atoms with Crippen LogP contribution in [0.4, 0.5) is 5.95 Å². The number of ether oxygens (including phenoxy) is 1. The van der Waals surface area contributed by atoms with Crippen molar-refractivity contribution in [2.75, 3.05) is 25.6 Å². The number of nitrogens with one attached hydrogen (secondary N) is 1. The molecule has 9 heteroatoms. The second kappa shape index (κ2) is 8.88. The van der Waals surface area contributed by atoms with Crippen molar-refractivity contribution in [3.05, 3.63) is 77.1 Å². The van der Waals surface area contributed by atoms with Gasteiger partial charge >= 0.3 is 0 Å². The van der Waals surface area contributed by atoms with Crippen LogP contribution >= 0.6 is 0 Å². The van der Waals surface area contributed by atoms with Crippen molar-refractivity contribution >= 4 is 23.7 Å². The van der Waals surface area contributed by atoms with Crippen LogP contribution in [-0.4, -0.2) is 57.6 Å². The highest BCUT2D eigenvalue weighted by atomic mass is 16.5. The van der Waals surface area contributed by atoms with Crippen LogP contribution < -0.4 is 5.32 Å². The second-order valence-corrected chi connectivity index (χ2v) is 7.07. The van der Waals surface area contributed by atoms with Crippen molar-refractivity contribution in [1.82, 2.24) is 19.7 Å². The zero-order valence-electron chi connectivity index (χ0n) is 16.9. The molecule has 0 saturated carbocycles. The Morgan fingerprint density at radius 3 is 2.61 bits per heavy atom. The summed E-state index contributed by atoms with van der Waals surface area (Å²) in [6.45, 7) is 1.24. The summed E-state index contributed by atoms with van der Waals surface area (Å²) < 4.78 is 6.59. The van der Waals surface area contributed by atoms with Gasteiger partial charge < -0.3 is 4.74 Å². The van der Waals surface area contributed by atoms with Crippen LogP contribution in [0.25, 0.3) is 0 Å². The van der Waals surface area contributed by atoms with Gasteiger partial charge in [0.1, 0.15) is 6.33 Å². The third kappa shape index (κ3) is 4.36. The Balaban J connectivity index is 1.44. The molecule has 0 spiro atoms. The molecule has 31 heavy (non-hydrogen) atoms. The van der Waals surface area contributed by atoms with Gasteiger partial charge in [0.2, 0.25) is 5.95 Å². The topological polar surface area (TPSA) is 106 Å². The van der Waals surface area contributed by atoms with Gasteiger partial charge in [0.25, 0.3) is 17.7 Å². The van der Waals surface area contributed by atoms with Crippen LogP contribution in [0.2, 0.25) is 0 Å². The summed E-state index contributed by atoms with van der Waals surface area (Å²) >= 11 is 0. The Bertz CT molecular complexity index is 1130. The molecule has 2 heterocycles. The van der Waals surface area contributed by atoms with Crippen molar-refractivity contribution in [3.8, 4) is 0 Å². The Labute approximate surface area is 178 Å². The first-order valence-electron chi connectivity index (χ1n) is 9.80. The SMILES string of the molecule is COCCCN1C(=O)c2ccc(C(=O)Nc3ncn(Cc4ccccc4)n3)cc2C1=O. The molecular formula is C22H21N5O4. The summed E-state index contributed by atoms with van der Waals surface area (Å²) in [6.07, 6.45) is 2.08. The number of hydrogen-bond acceptors (Lipinski definition) is 6. The van der Waals surface area contributed by atoms with Gasteiger partial charge in [0.05, 0.1) is 17.7 Å². The van der Waals surface area contributed by atoms with E-state index in [1.807, 2.05) is 30.3 Å². The lowest BCUT2D eigenvalue weighted by atomic mass is 10.1. The minimum atomic E-state index is -0.460. The number of rotatable bonds is 8. The second-order valence-electron chi connectivity index (χ2n) is 7.07. The summed E-state index contributed by atoms with van der Waals surface area (Å²) in [4.78, 5) is 43.0. The summed E-state index contributed by atoms with van der Waals surface area (Å²) in [5, 5.41) is 6.88. The van der Waals surface area contributed by atoms with Crippen molar-refractivity contribution < 1.29 is 19.1 Å². The zero-order chi connectivity index (χ0) is 21.8. The van der Waals surface area contributed by atoms with Gasteiger partial charge in [-0.2, -0.15) is 0 Å². The van der Waals surface area contributed by atoms with E-state index in [0.29, 0.717) is 25.1 Å². The molecule has 0 aliphatic carbocycles. The molecule has 0 bridgehead atoms. The van der Waals surface area contributed by atoms with E-state index >= 15 is 0 Å². The Morgan fingerprint density at radius 1 is 1.06 bits per heavy atom. The molecule has 1 aromatic heterocycles. The summed E-state index contributed by atoms with van der Waals surface area (Å²) in [5.41, 5.74) is 1.82. The fourth-order valence-electron chi connectivity index (χ4n) is 3.37. The molecule has 3 amide bonds. The maximum absolute atomic E-state index is 12.6. The number of nitrogens with zero attached hydrogens (tertiary/aromatic N) is 4. The van der Waals surface area contributed by atoms with E-state index in [1.165, 1.54) is 29.4 Å². The van der Waals surface area contributed by atoms with Gasteiger partial charge in [-0.25, -0.2) is 9.67 Å². The van der Waals surface area contributed by atoms with E-state index in [2.05, 4.69) is 15.4 Å². The predicted octanol–water partition coefficient (Wildman–Crippen LogP) is 2.21. The molecule has 1 aliphatic rings. The molecular weight excluding hydrogens is 398 g/mol. The molecule has 0 unspecified atom stereocenters. The average Bonchev–Trinajstić information content (AvgIpc) is 3.31. The zero-order valence-corrected chi connectivity index (χ0v) is 16.9. The molecule has 0 saturated heterocycles. The van der Waals surface area contributed by atoms with E-state index in [9.17, 15) is 14.4 Å². The average molecular weight is 419 g/mol. The van der Waals surface area contributed by atoms with Crippen molar-refractivity contribution in [3.63, 3.8) is 0 Å². The number of anilines is 1. The maximum Gasteiger partial charge on any atom is 0.261 e. The minimum absolute atomic E-state index is 0.157. The quantitative estimate of drug-likeness (QED) is 0.443.